The van der Waals surface area contributed by atoms with Crippen LogP contribution in [-0.2, 0) is 13.1 Å². The molecule has 0 unspecified atom stereocenters. The number of halogens is 2. The molecule has 2 nitrogen and oxygen atoms in total. The average molecular weight is 302 g/mol. The summed E-state index contributed by atoms with van der Waals surface area (Å²) < 4.78 is 27.4. The van der Waals surface area contributed by atoms with Crippen molar-refractivity contribution in [2.24, 2.45) is 0 Å². The Hall–Kier alpha value is -1.78. The van der Waals surface area contributed by atoms with Crippen LogP contribution in [0.3, 0.4) is 0 Å². The zero-order valence-electron chi connectivity index (χ0n) is 12.5. The fourth-order valence-corrected chi connectivity index (χ4v) is 2.85. The number of benzene rings is 2. The minimum atomic E-state index is -0.452. The highest BCUT2D eigenvalue weighted by atomic mass is 19.1. The molecule has 1 heterocycles. The SMILES string of the molecule is Fc1cccc(F)c1CN1CCN(Cc2ccccc2)CC1. The summed E-state index contributed by atoms with van der Waals surface area (Å²) in [5.74, 6) is -0.904. The molecule has 2 aromatic rings. The van der Waals surface area contributed by atoms with Crippen LogP contribution < -0.4 is 0 Å². The highest BCUT2D eigenvalue weighted by molar-refractivity contribution is 5.19. The Balaban J connectivity index is 1.54. The summed E-state index contributed by atoms with van der Waals surface area (Å²) in [5, 5.41) is 0. The number of rotatable bonds is 4. The third-order valence-electron chi connectivity index (χ3n) is 4.16. The minimum Gasteiger partial charge on any atom is -0.297 e. The second-order valence-corrected chi connectivity index (χ2v) is 5.74. The Labute approximate surface area is 130 Å². The molecule has 0 saturated carbocycles. The Bertz CT molecular complexity index is 587. The monoisotopic (exact) mass is 302 g/mol. The first kappa shape index (κ1) is 15.1. The van der Waals surface area contributed by atoms with Crippen molar-refractivity contribution in [1.29, 1.82) is 0 Å². The van der Waals surface area contributed by atoms with E-state index in [2.05, 4.69) is 21.9 Å². The van der Waals surface area contributed by atoms with E-state index in [0.717, 1.165) is 32.7 Å². The largest absolute Gasteiger partial charge is 0.297 e. The first-order valence-corrected chi connectivity index (χ1v) is 7.64. The Kier molecular flexibility index (Phi) is 4.80. The lowest BCUT2D eigenvalue weighted by Crippen LogP contribution is -2.45. The van der Waals surface area contributed by atoms with Crippen molar-refractivity contribution in [2.45, 2.75) is 13.1 Å². The molecule has 0 atom stereocenters. The van der Waals surface area contributed by atoms with Gasteiger partial charge in [0.15, 0.2) is 0 Å². The van der Waals surface area contributed by atoms with Gasteiger partial charge in [0.05, 0.1) is 0 Å². The van der Waals surface area contributed by atoms with Gasteiger partial charge < -0.3 is 0 Å². The average Bonchev–Trinajstić information content (AvgIpc) is 2.54. The van der Waals surface area contributed by atoms with E-state index in [-0.39, 0.29) is 5.56 Å². The van der Waals surface area contributed by atoms with E-state index in [0.29, 0.717) is 6.54 Å². The van der Waals surface area contributed by atoms with E-state index in [9.17, 15) is 8.78 Å². The molecule has 116 valence electrons. The van der Waals surface area contributed by atoms with Gasteiger partial charge in [-0.05, 0) is 17.7 Å². The molecule has 0 radical (unpaired) electrons. The van der Waals surface area contributed by atoms with Crippen molar-refractivity contribution in [1.82, 2.24) is 9.80 Å². The molecule has 1 aliphatic rings. The second-order valence-electron chi connectivity index (χ2n) is 5.74. The predicted octanol–water partition coefficient (Wildman–Crippen LogP) is 3.28. The van der Waals surface area contributed by atoms with Crippen LogP contribution >= 0.6 is 0 Å². The smallest absolute Gasteiger partial charge is 0.130 e. The Morgan fingerprint density at radius 3 is 1.82 bits per heavy atom. The van der Waals surface area contributed by atoms with E-state index in [4.69, 9.17) is 0 Å². The quantitative estimate of drug-likeness (QED) is 0.855. The molecule has 1 aliphatic heterocycles. The maximum absolute atomic E-state index is 13.7. The molecular formula is C18H20F2N2. The van der Waals surface area contributed by atoms with E-state index in [1.54, 1.807) is 0 Å². The lowest BCUT2D eigenvalue weighted by atomic mass is 10.1. The standard InChI is InChI=1S/C18H20F2N2/c19-17-7-4-8-18(20)16(17)14-22-11-9-21(10-12-22)13-15-5-2-1-3-6-15/h1-8H,9-14H2. The summed E-state index contributed by atoms with van der Waals surface area (Å²) in [4.78, 5) is 4.49. The Morgan fingerprint density at radius 2 is 1.23 bits per heavy atom. The van der Waals surface area contributed by atoms with Crippen LogP contribution in [0.2, 0.25) is 0 Å². The molecule has 0 N–H and O–H groups in total. The van der Waals surface area contributed by atoms with Crippen molar-refractivity contribution in [3.8, 4) is 0 Å². The van der Waals surface area contributed by atoms with Crippen LogP contribution in [0.1, 0.15) is 11.1 Å². The van der Waals surface area contributed by atoms with Crippen molar-refractivity contribution in [2.75, 3.05) is 26.2 Å². The zero-order valence-corrected chi connectivity index (χ0v) is 12.5. The number of hydrogen-bond acceptors (Lipinski definition) is 2. The number of hydrogen-bond donors (Lipinski definition) is 0. The molecule has 0 spiro atoms. The van der Waals surface area contributed by atoms with Gasteiger partial charge in [-0.3, -0.25) is 9.80 Å². The van der Waals surface area contributed by atoms with Crippen molar-refractivity contribution >= 4 is 0 Å². The molecule has 2 aromatic carbocycles. The van der Waals surface area contributed by atoms with E-state index < -0.39 is 11.6 Å². The summed E-state index contributed by atoms with van der Waals surface area (Å²) in [5.41, 5.74) is 1.48. The van der Waals surface area contributed by atoms with Crippen LogP contribution in [0.5, 0.6) is 0 Å². The molecule has 0 amide bonds. The summed E-state index contributed by atoms with van der Waals surface area (Å²) in [6, 6.07) is 14.4. The third kappa shape index (κ3) is 3.70. The second kappa shape index (κ2) is 6.99. The molecule has 3 rings (SSSR count). The molecule has 0 bridgehead atoms. The van der Waals surface area contributed by atoms with Crippen LogP contribution in [-0.4, -0.2) is 36.0 Å². The van der Waals surface area contributed by atoms with E-state index in [1.807, 2.05) is 18.2 Å². The summed E-state index contributed by atoms with van der Waals surface area (Å²) in [7, 11) is 0. The van der Waals surface area contributed by atoms with Gasteiger partial charge in [-0.15, -0.1) is 0 Å². The fourth-order valence-electron chi connectivity index (χ4n) is 2.85. The molecule has 22 heavy (non-hydrogen) atoms. The molecule has 1 fully saturated rings. The summed E-state index contributed by atoms with van der Waals surface area (Å²) >= 11 is 0. The Morgan fingerprint density at radius 1 is 0.682 bits per heavy atom. The number of piperazine rings is 1. The maximum atomic E-state index is 13.7. The number of nitrogens with zero attached hydrogens (tertiary/aromatic N) is 2. The van der Waals surface area contributed by atoms with Gasteiger partial charge in [0.2, 0.25) is 0 Å². The lowest BCUT2D eigenvalue weighted by molar-refractivity contribution is 0.120. The normalized spacial score (nSPS) is 16.8. The zero-order chi connectivity index (χ0) is 15.4. The molecule has 1 saturated heterocycles. The maximum Gasteiger partial charge on any atom is 0.130 e. The molecule has 4 heteroatoms. The van der Waals surface area contributed by atoms with Gasteiger partial charge >= 0.3 is 0 Å². The first-order valence-electron chi connectivity index (χ1n) is 7.64. The summed E-state index contributed by atoms with van der Waals surface area (Å²) in [6.07, 6.45) is 0. The molecule has 0 aromatic heterocycles. The van der Waals surface area contributed by atoms with E-state index in [1.165, 1.54) is 23.8 Å². The van der Waals surface area contributed by atoms with Crippen LogP contribution in [0.4, 0.5) is 8.78 Å². The van der Waals surface area contributed by atoms with Crippen LogP contribution in [0, 0.1) is 11.6 Å². The topological polar surface area (TPSA) is 6.48 Å². The molecule has 0 aliphatic carbocycles. The van der Waals surface area contributed by atoms with Gasteiger partial charge in [0.1, 0.15) is 11.6 Å². The van der Waals surface area contributed by atoms with Gasteiger partial charge in [-0.2, -0.15) is 0 Å². The van der Waals surface area contributed by atoms with Crippen LogP contribution in [0.15, 0.2) is 48.5 Å². The fraction of sp³-hybridized carbons (Fsp3) is 0.333. The highest BCUT2D eigenvalue weighted by Crippen LogP contribution is 2.16. The lowest BCUT2D eigenvalue weighted by Gasteiger charge is -2.34. The summed E-state index contributed by atoms with van der Waals surface area (Å²) in [6.45, 7) is 4.79. The predicted molar refractivity (Wildman–Crippen MR) is 83.4 cm³/mol. The first-order chi connectivity index (χ1) is 10.7. The van der Waals surface area contributed by atoms with Crippen molar-refractivity contribution in [3.63, 3.8) is 0 Å². The molecular weight excluding hydrogens is 282 g/mol. The van der Waals surface area contributed by atoms with Gasteiger partial charge in [0, 0.05) is 44.8 Å². The van der Waals surface area contributed by atoms with Gasteiger partial charge in [-0.25, -0.2) is 8.78 Å². The van der Waals surface area contributed by atoms with E-state index >= 15 is 0 Å². The van der Waals surface area contributed by atoms with Crippen molar-refractivity contribution in [3.05, 3.63) is 71.3 Å². The van der Waals surface area contributed by atoms with Crippen LogP contribution in [0.25, 0.3) is 0 Å². The van der Waals surface area contributed by atoms with Gasteiger partial charge in [-0.1, -0.05) is 36.4 Å². The highest BCUT2D eigenvalue weighted by Gasteiger charge is 2.19. The minimum absolute atomic E-state index is 0.180. The van der Waals surface area contributed by atoms with Crippen molar-refractivity contribution < 1.29 is 8.78 Å². The third-order valence-corrected chi connectivity index (χ3v) is 4.16. The van der Waals surface area contributed by atoms with Gasteiger partial charge in [0.25, 0.3) is 0 Å².